The summed E-state index contributed by atoms with van der Waals surface area (Å²) in [4.78, 5) is 11.2. The van der Waals surface area contributed by atoms with Crippen molar-refractivity contribution in [2.45, 2.75) is 25.4 Å². The molecule has 0 bridgehead atoms. The molecule has 176 valence electrons. The normalized spacial score (nSPS) is 15.0. The summed E-state index contributed by atoms with van der Waals surface area (Å²) in [5.74, 6) is 1.72. The van der Waals surface area contributed by atoms with E-state index in [0.717, 1.165) is 37.0 Å². The second-order valence-corrected chi connectivity index (χ2v) is 7.91. The van der Waals surface area contributed by atoms with E-state index in [4.69, 9.17) is 4.74 Å². The Morgan fingerprint density at radius 1 is 1.09 bits per heavy atom. The Morgan fingerprint density at radius 2 is 1.85 bits per heavy atom. The minimum atomic E-state index is 0. The minimum Gasteiger partial charge on any atom is -0.496 e. The van der Waals surface area contributed by atoms with Crippen molar-refractivity contribution >= 4 is 29.9 Å². The van der Waals surface area contributed by atoms with Crippen LogP contribution in [0.4, 0.5) is 0 Å². The number of aliphatic imine (C=N–C) groups is 1. The zero-order valence-electron chi connectivity index (χ0n) is 19.3. The van der Waals surface area contributed by atoms with E-state index in [-0.39, 0.29) is 30.0 Å². The van der Waals surface area contributed by atoms with Gasteiger partial charge >= 0.3 is 0 Å². The second kappa shape index (κ2) is 12.6. The number of benzene rings is 2. The topological polar surface area (TPSA) is 66.7 Å². The van der Waals surface area contributed by atoms with Crippen molar-refractivity contribution in [3.63, 3.8) is 0 Å². The average Bonchev–Trinajstić information content (AvgIpc) is 3.56. The average molecular weight is 560 g/mol. The molecular weight excluding hydrogens is 527 g/mol. The van der Waals surface area contributed by atoms with Crippen LogP contribution in [-0.2, 0) is 6.54 Å². The second-order valence-electron chi connectivity index (χ2n) is 7.91. The standard InChI is InChI=1S/C25H32N6O.HI/c1-26-25(28-17-20-9-3-5-11-22(20)31-16-13-27-19-31)29-18-23(30-14-7-8-15-30)21-10-4-6-12-24(21)32-2;/h3-6,9-13,16,19,23H,7-8,14-15,17-18H2,1-2H3,(H2,26,28,29);1H. The van der Waals surface area contributed by atoms with Crippen molar-refractivity contribution in [3.05, 3.63) is 78.4 Å². The third-order valence-corrected chi connectivity index (χ3v) is 5.99. The van der Waals surface area contributed by atoms with Crippen LogP contribution in [-0.4, -0.2) is 54.2 Å². The van der Waals surface area contributed by atoms with Crippen LogP contribution in [0.15, 0.2) is 72.2 Å². The molecule has 7 nitrogen and oxygen atoms in total. The van der Waals surface area contributed by atoms with E-state index in [0.29, 0.717) is 6.54 Å². The first-order chi connectivity index (χ1) is 15.8. The van der Waals surface area contributed by atoms with Gasteiger partial charge in [-0.3, -0.25) is 9.89 Å². The molecule has 3 aromatic rings. The first-order valence-corrected chi connectivity index (χ1v) is 11.2. The Morgan fingerprint density at radius 3 is 2.58 bits per heavy atom. The van der Waals surface area contributed by atoms with Gasteiger partial charge in [0.2, 0.25) is 0 Å². The number of imidazole rings is 1. The van der Waals surface area contributed by atoms with E-state index < -0.39 is 0 Å². The maximum Gasteiger partial charge on any atom is 0.191 e. The molecule has 1 saturated heterocycles. The van der Waals surface area contributed by atoms with E-state index in [1.165, 1.54) is 24.0 Å². The van der Waals surface area contributed by atoms with Gasteiger partial charge in [-0.2, -0.15) is 0 Å². The lowest BCUT2D eigenvalue weighted by atomic mass is 10.0. The quantitative estimate of drug-likeness (QED) is 0.248. The summed E-state index contributed by atoms with van der Waals surface area (Å²) < 4.78 is 7.69. The van der Waals surface area contributed by atoms with Crippen LogP contribution < -0.4 is 15.4 Å². The zero-order valence-corrected chi connectivity index (χ0v) is 21.6. The third-order valence-electron chi connectivity index (χ3n) is 5.99. The van der Waals surface area contributed by atoms with Gasteiger partial charge in [-0.25, -0.2) is 4.98 Å². The molecule has 2 heterocycles. The number of aromatic nitrogens is 2. The molecule has 1 atom stereocenters. The van der Waals surface area contributed by atoms with E-state index in [9.17, 15) is 0 Å². The van der Waals surface area contributed by atoms with Crippen molar-refractivity contribution in [1.82, 2.24) is 25.1 Å². The predicted octanol–water partition coefficient (Wildman–Crippen LogP) is 4.00. The highest BCUT2D eigenvalue weighted by atomic mass is 127. The minimum absolute atomic E-state index is 0. The molecule has 1 aliphatic rings. The molecule has 0 aliphatic carbocycles. The number of likely N-dealkylation sites (tertiary alicyclic amines) is 1. The Balaban J connectivity index is 0.00000306. The van der Waals surface area contributed by atoms with Gasteiger partial charge in [0.25, 0.3) is 0 Å². The molecule has 0 amide bonds. The predicted molar refractivity (Wildman–Crippen MR) is 144 cm³/mol. The van der Waals surface area contributed by atoms with Gasteiger partial charge < -0.3 is 19.9 Å². The summed E-state index contributed by atoms with van der Waals surface area (Å²) in [5.41, 5.74) is 3.50. The first kappa shape index (κ1) is 25.0. The summed E-state index contributed by atoms with van der Waals surface area (Å²) in [5, 5.41) is 7.01. The van der Waals surface area contributed by atoms with Gasteiger partial charge in [0.15, 0.2) is 5.96 Å². The van der Waals surface area contributed by atoms with Gasteiger partial charge in [-0.1, -0.05) is 36.4 Å². The summed E-state index contributed by atoms with van der Waals surface area (Å²) in [7, 11) is 3.55. The largest absolute Gasteiger partial charge is 0.496 e. The molecule has 2 N–H and O–H groups in total. The van der Waals surface area contributed by atoms with Crippen molar-refractivity contribution in [2.75, 3.05) is 33.8 Å². The van der Waals surface area contributed by atoms with Crippen molar-refractivity contribution in [2.24, 2.45) is 4.99 Å². The Labute approximate surface area is 213 Å². The number of nitrogens with zero attached hydrogens (tertiary/aromatic N) is 4. The summed E-state index contributed by atoms with van der Waals surface area (Å²) in [6.45, 7) is 3.63. The maximum atomic E-state index is 5.67. The molecule has 8 heteroatoms. The summed E-state index contributed by atoms with van der Waals surface area (Å²) in [6, 6.07) is 16.9. The van der Waals surface area contributed by atoms with Crippen molar-refractivity contribution in [1.29, 1.82) is 0 Å². The van der Waals surface area contributed by atoms with Gasteiger partial charge in [0, 0.05) is 38.1 Å². The van der Waals surface area contributed by atoms with Crippen LogP contribution in [0.25, 0.3) is 5.69 Å². The lowest BCUT2D eigenvalue weighted by molar-refractivity contribution is 0.239. The SMILES string of the molecule is CN=C(NCc1ccccc1-n1ccnc1)NCC(c1ccccc1OC)N1CCCC1.I. The molecule has 4 rings (SSSR count). The van der Waals surface area contributed by atoms with E-state index in [1.807, 2.05) is 42.3 Å². The highest BCUT2D eigenvalue weighted by Crippen LogP contribution is 2.31. The van der Waals surface area contributed by atoms with Crippen LogP contribution in [0, 0.1) is 0 Å². The lowest BCUT2D eigenvalue weighted by Gasteiger charge is -2.30. The van der Waals surface area contributed by atoms with Gasteiger partial charge in [0.1, 0.15) is 5.75 Å². The van der Waals surface area contributed by atoms with Crippen molar-refractivity contribution < 1.29 is 4.74 Å². The molecule has 1 unspecified atom stereocenters. The van der Waals surface area contributed by atoms with Crippen LogP contribution in [0.3, 0.4) is 0 Å². The lowest BCUT2D eigenvalue weighted by Crippen LogP contribution is -2.42. The zero-order chi connectivity index (χ0) is 22.2. The number of guanidine groups is 1. The monoisotopic (exact) mass is 560 g/mol. The van der Waals surface area contributed by atoms with E-state index in [2.05, 4.69) is 55.8 Å². The molecule has 2 aromatic carbocycles. The van der Waals surface area contributed by atoms with Crippen LogP contribution >= 0.6 is 24.0 Å². The fourth-order valence-corrected chi connectivity index (χ4v) is 4.34. The van der Waals surface area contributed by atoms with E-state index in [1.54, 1.807) is 13.3 Å². The fraction of sp³-hybridized carbons (Fsp3) is 0.360. The third kappa shape index (κ3) is 6.26. The van der Waals surface area contributed by atoms with Crippen LogP contribution in [0.5, 0.6) is 5.75 Å². The van der Waals surface area contributed by atoms with Crippen molar-refractivity contribution in [3.8, 4) is 11.4 Å². The molecule has 1 aliphatic heterocycles. The summed E-state index contributed by atoms with van der Waals surface area (Å²) >= 11 is 0. The number of para-hydroxylation sites is 2. The molecule has 1 aromatic heterocycles. The fourth-order valence-electron chi connectivity index (χ4n) is 4.34. The highest BCUT2D eigenvalue weighted by molar-refractivity contribution is 14.0. The Kier molecular flexibility index (Phi) is 9.56. The molecular formula is C25H33IN6O. The number of nitrogens with one attached hydrogen (secondary N) is 2. The Bertz CT molecular complexity index is 1020. The number of ether oxygens (including phenoxy) is 1. The van der Waals surface area contributed by atoms with Gasteiger partial charge in [-0.15, -0.1) is 24.0 Å². The van der Waals surface area contributed by atoms with E-state index >= 15 is 0 Å². The molecule has 0 radical (unpaired) electrons. The van der Waals surface area contributed by atoms with Crippen LogP contribution in [0.2, 0.25) is 0 Å². The molecule has 0 saturated carbocycles. The number of hydrogen-bond acceptors (Lipinski definition) is 4. The molecule has 33 heavy (non-hydrogen) atoms. The maximum absolute atomic E-state index is 5.67. The number of halogens is 1. The number of hydrogen-bond donors (Lipinski definition) is 2. The number of methoxy groups -OCH3 is 1. The van der Waals surface area contributed by atoms with Crippen LogP contribution in [0.1, 0.15) is 30.0 Å². The molecule has 1 fully saturated rings. The Hall–Kier alpha value is -2.59. The summed E-state index contributed by atoms with van der Waals surface area (Å²) in [6.07, 6.45) is 8.05. The van der Waals surface area contributed by atoms with Gasteiger partial charge in [-0.05, 0) is 43.6 Å². The highest BCUT2D eigenvalue weighted by Gasteiger charge is 2.26. The number of rotatable bonds is 8. The van der Waals surface area contributed by atoms with Gasteiger partial charge in [0.05, 0.1) is 25.2 Å². The first-order valence-electron chi connectivity index (χ1n) is 11.2. The smallest absolute Gasteiger partial charge is 0.191 e. The molecule has 0 spiro atoms.